The minimum Gasteiger partial charge on any atom is -0.477 e. The lowest BCUT2D eigenvalue weighted by molar-refractivity contribution is -0.126. The zero-order chi connectivity index (χ0) is 14.0. The van der Waals surface area contributed by atoms with Crippen molar-refractivity contribution in [1.82, 2.24) is 20.0 Å². The molecule has 0 radical (unpaired) electrons. The predicted molar refractivity (Wildman–Crippen MR) is 67.6 cm³/mol. The lowest BCUT2D eigenvalue weighted by Gasteiger charge is -2.20. The van der Waals surface area contributed by atoms with Gasteiger partial charge in [-0.05, 0) is 13.0 Å². The van der Waals surface area contributed by atoms with E-state index in [0.29, 0.717) is 24.4 Å². The zero-order valence-corrected chi connectivity index (χ0v) is 11.1. The van der Waals surface area contributed by atoms with Gasteiger partial charge in [0.25, 0.3) is 0 Å². The number of amides is 1. The molecule has 0 unspecified atom stereocenters. The summed E-state index contributed by atoms with van der Waals surface area (Å²) in [7, 11) is 3.72. The van der Waals surface area contributed by atoms with Crippen LogP contribution in [-0.2, 0) is 11.3 Å². The topological polar surface area (TPSA) is 89.5 Å². The number of H-pyrrole nitrogens is 1. The van der Waals surface area contributed by atoms with Crippen molar-refractivity contribution in [2.45, 2.75) is 13.0 Å². The number of aromatic nitrogens is 2. The number of hydrogen-bond donors (Lipinski definition) is 2. The number of carbonyl (C=O) groups is 2. The Kier molecular flexibility index (Phi) is 3.84. The predicted octanol–water partition coefficient (Wildman–Crippen LogP) is 0.0180. The maximum atomic E-state index is 11.4. The molecular formula is C12H18N4O3. The fraction of sp³-hybridized carbons (Fsp3) is 0.583. The third kappa shape index (κ3) is 3.11. The van der Waals surface area contributed by atoms with Crippen LogP contribution in [0.4, 0.5) is 0 Å². The Labute approximate surface area is 111 Å². The Balaban J connectivity index is 1.91. The van der Waals surface area contributed by atoms with Crippen LogP contribution in [0.25, 0.3) is 0 Å². The van der Waals surface area contributed by atoms with E-state index in [0.717, 1.165) is 13.1 Å². The van der Waals surface area contributed by atoms with E-state index >= 15 is 0 Å². The number of carbonyl (C=O) groups excluding carboxylic acids is 1. The van der Waals surface area contributed by atoms with Crippen molar-refractivity contribution in [1.29, 1.82) is 0 Å². The molecule has 0 aromatic carbocycles. The van der Waals surface area contributed by atoms with Crippen molar-refractivity contribution >= 4 is 11.9 Å². The average Bonchev–Trinajstić information content (AvgIpc) is 2.87. The van der Waals surface area contributed by atoms with Crippen LogP contribution in [0.1, 0.15) is 22.5 Å². The first-order valence-electron chi connectivity index (χ1n) is 6.15. The lowest BCUT2D eigenvalue weighted by Crippen LogP contribution is -2.27. The Bertz CT molecular complexity index is 485. The molecule has 7 nitrogen and oxygen atoms in total. The molecule has 1 aromatic rings. The van der Waals surface area contributed by atoms with Crippen LogP contribution in [0.15, 0.2) is 6.20 Å². The van der Waals surface area contributed by atoms with E-state index in [-0.39, 0.29) is 11.6 Å². The quantitative estimate of drug-likeness (QED) is 0.784. The number of carboxylic acid groups (broad SMARTS) is 1. The van der Waals surface area contributed by atoms with Gasteiger partial charge in [-0.25, -0.2) is 4.79 Å². The maximum absolute atomic E-state index is 11.4. The maximum Gasteiger partial charge on any atom is 0.354 e. The van der Waals surface area contributed by atoms with Gasteiger partial charge in [0.15, 0.2) is 0 Å². The molecule has 1 amide bonds. The summed E-state index contributed by atoms with van der Waals surface area (Å²) >= 11 is 0. The van der Waals surface area contributed by atoms with Crippen LogP contribution in [0.3, 0.4) is 0 Å². The first-order valence-corrected chi connectivity index (χ1v) is 6.15. The average molecular weight is 266 g/mol. The van der Waals surface area contributed by atoms with Crippen LogP contribution in [-0.4, -0.2) is 64.2 Å². The SMILES string of the molecule is CN(Cc1cn[nH]c1C(=O)O)C[C@@H]1CC(=O)N(C)C1. The molecule has 1 aliphatic heterocycles. The highest BCUT2D eigenvalue weighted by Crippen LogP contribution is 2.18. The number of aromatic carboxylic acids is 1. The van der Waals surface area contributed by atoms with E-state index < -0.39 is 5.97 Å². The number of nitrogens with one attached hydrogen (secondary N) is 1. The van der Waals surface area contributed by atoms with Gasteiger partial charge in [-0.2, -0.15) is 5.10 Å². The third-order valence-corrected chi connectivity index (χ3v) is 3.36. The monoisotopic (exact) mass is 266 g/mol. The third-order valence-electron chi connectivity index (χ3n) is 3.36. The van der Waals surface area contributed by atoms with Crippen LogP contribution in [0.2, 0.25) is 0 Å². The summed E-state index contributed by atoms with van der Waals surface area (Å²) in [6.45, 7) is 2.03. The molecule has 7 heteroatoms. The van der Waals surface area contributed by atoms with Crippen molar-refractivity contribution in [3.63, 3.8) is 0 Å². The number of carboxylic acids is 1. The second-order valence-electron chi connectivity index (χ2n) is 5.12. The Morgan fingerprint density at radius 3 is 3.00 bits per heavy atom. The van der Waals surface area contributed by atoms with E-state index in [9.17, 15) is 9.59 Å². The van der Waals surface area contributed by atoms with Crippen LogP contribution >= 0.6 is 0 Å². The summed E-state index contributed by atoms with van der Waals surface area (Å²) in [5.41, 5.74) is 0.791. The van der Waals surface area contributed by atoms with Crippen molar-refractivity contribution in [2.24, 2.45) is 5.92 Å². The standard InChI is InChI=1S/C12H18N4O3/c1-15(5-8-3-10(17)16(2)6-8)7-9-4-13-14-11(9)12(18)19/h4,8H,3,5-7H2,1-2H3,(H,13,14)(H,18,19)/t8-/m0/s1. The lowest BCUT2D eigenvalue weighted by atomic mass is 10.1. The van der Waals surface area contributed by atoms with Gasteiger partial charge in [-0.3, -0.25) is 9.89 Å². The van der Waals surface area contributed by atoms with E-state index in [1.54, 1.807) is 11.9 Å². The summed E-state index contributed by atoms with van der Waals surface area (Å²) in [5.74, 6) is -0.521. The number of hydrogen-bond acceptors (Lipinski definition) is 4. The molecule has 0 aliphatic carbocycles. The van der Waals surface area contributed by atoms with Crippen LogP contribution < -0.4 is 0 Å². The smallest absolute Gasteiger partial charge is 0.354 e. The fourth-order valence-corrected chi connectivity index (χ4v) is 2.49. The molecule has 1 aromatic heterocycles. The van der Waals surface area contributed by atoms with Gasteiger partial charge in [0.2, 0.25) is 5.91 Å². The summed E-state index contributed by atoms with van der Waals surface area (Å²) < 4.78 is 0. The zero-order valence-electron chi connectivity index (χ0n) is 11.1. The summed E-state index contributed by atoms with van der Waals surface area (Å²) in [4.78, 5) is 26.2. The molecule has 1 atom stereocenters. The van der Waals surface area contributed by atoms with E-state index in [4.69, 9.17) is 5.11 Å². The highest BCUT2D eigenvalue weighted by molar-refractivity contribution is 5.86. The normalized spacial score (nSPS) is 19.4. The highest BCUT2D eigenvalue weighted by Gasteiger charge is 2.27. The number of nitrogens with zero attached hydrogens (tertiary/aromatic N) is 3. The molecule has 19 heavy (non-hydrogen) atoms. The van der Waals surface area contributed by atoms with Crippen LogP contribution in [0, 0.1) is 5.92 Å². The Morgan fingerprint density at radius 1 is 1.68 bits per heavy atom. The van der Waals surface area contributed by atoms with Crippen molar-refractivity contribution < 1.29 is 14.7 Å². The van der Waals surface area contributed by atoms with Crippen molar-refractivity contribution in [3.05, 3.63) is 17.5 Å². The van der Waals surface area contributed by atoms with Gasteiger partial charge in [-0.1, -0.05) is 0 Å². The molecule has 2 N–H and O–H groups in total. The van der Waals surface area contributed by atoms with Gasteiger partial charge < -0.3 is 14.9 Å². The molecule has 1 fully saturated rings. The van der Waals surface area contributed by atoms with E-state index in [1.807, 2.05) is 11.9 Å². The first kappa shape index (κ1) is 13.5. The van der Waals surface area contributed by atoms with E-state index in [1.165, 1.54) is 6.20 Å². The summed E-state index contributed by atoms with van der Waals surface area (Å²) in [6.07, 6.45) is 2.10. The minimum absolute atomic E-state index is 0.131. The molecule has 0 saturated carbocycles. The van der Waals surface area contributed by atoms with Crippen LogP contribution in [0.5, 0.6) is 0 Å². The fourth-order valence-electron chi connectivity index (χ4n) is 2.49. The molecule has 0 bridgehead atoms. The largest absolute Gasteiger partial charge is 0.477 e. The van der Waals surface area contributed by atoms with Gasteiger partial charge >= 0.3 is 5.97 Å². The summed E-state index contributed by atoms with van der Waals surface area (Å²) in [6, 6.07) is 0. The summed E-state index contributed by atoms with van der Waals surface area (Å²) in [5, 5.41) is 15.2. The number of rotatable bonds is 5. The van der Waals surface area contributed by atoms with Gasteiger partial charge in [0.1, 0.15) is 5.69 Å². The van der Waals surface area contributed by atoms with E-state index in [2.05, 4.69) is 10.2 Å². The van der Waals surface area contributed by atoms with Gasteiger partial charge in [-0.15, -0.1) is 0 Å². The molecule has 2 heterocycles. The molecule has 1 saturated heterocycles. The van der Waals surface area contributed by atoms with Gasteiger partial charge in [0, 0.05) is 38.7 Å². The number of likely N-dealkylation sites (tertiary alicyclic amines) is 1. The Morgan fingerprint density at radius 2 is 2.42 bits per heavy atom. The molecule has 104 valence electrons. The first-order chi connectivity index (χ1) is 8.97. The van der Waals surface area contributed by atoms with Crippen molar-refractivity contribution in [3.8, 4) is 0 Å². The minimum atomic E-state index is -1.00. The van der Waals surface area contributed by atoms with Gasteiger partial charge in [0.05, 0.1) is 6.20 Å². The molecular weight excluding hydrogens is 248 g/mol. The molecule has 0 spiro atoms. The molecule has 2 rings (SSSR count). The highest BCUT2D eigenvalue weighted by atomic mass is 16.4. The van der Waals surface area contributed by atoms with Crippen molar-refractivity contribution in [2.75, 3.05) is 27.2 Å². The number of aromatic amines is 1. The Hall–Kier alpha value is -1.89. The second-order valence-corrected chi connectivity index (χ2v) is 5.12. The molecule has 1 aliphatic rings. The second kappa shape index (κ2) is 5.40.